The van der Waals surface area contributed by atoms with E-state index in [4.69, 9.17) is 18.9 Å². The number of imidazole rings is 1. The van der Waals surface area contributed by atoms with Gasteiger partial charge >= 0.3 is 5.97 Å². The van der Waals surface area contributed by atoms with Crippen molar-refractivity contribution in [3.63, 3.8) is 0 Å². The molecule has 1 heterocycles. The summed E-state index contributed by atoms with van der Waals surface area (Å²) in [6.07, 6.45) is -0.0248. The van der Waals surface area contributed by atoms with E-state index < -0.39 is 5.97 Å². The van der Waals surface area contributed by atoms with E-state index in [0.29, 0.717) is 53.8 Å². The molecule has 3 aromatic rings. The van der Waals surface area contributed by atoms with Crippen molar-refractivity contribution in [3.8, 4) is 11.5 Å². The number of nitrogens with zero attached hydrogens (tertiary/aromatic N) is 2. The minimum absolute atomic E-state index is 0.00770. The Bertz CT molecular complexity index is 1220. The summed E-state index contributed by atoms with van der Waals surface area (Å²) in [5.41, 5.74) is 2.03. The first kappa shape index (κ1) is 25.7. The van der Waals surface area contributed by atoms with Gasteiger partial charge in [-0.15, -0.1) is 0 Å². The molecular formula is C25H29N3O7. The van der Waals surface area contributed by atoms with Crippen molar-refractivity contribution < 1.29 is 33.3 Å². The van der Waals surface area contributed by atoms with Crippen molar-refractivity contribution in [1.29, 1.82) is 0 Å². The molecule has 0 bridgehead atoms. The van der Waals surface area contributed by atoms with E-state index >= 15 is 0 Å². The van der Waals surface area contributed by atoms with E-state index in [1.54, 1.807) is 48.1 Å². The highest BCUT2D eigenvalue weighted by Gasteiger charge is 2.17. The van der Waals surface area contributed by atoms with Gasteiger partial charge in [0.15, 0.2) is 17.3 Å². The molecule has 1 aromatic heterocycles. The molecule has 186 valence electrons. The fourth-order valence-electron chi connectivity index (χ4n) is 3.55. The van der Waals surface area contributed by atoms with E-state index in [1.807, 2.05) is 6.92 Å². The van der Waals surface area contributed by atoms with Crippen LogP contribution in [0.3, 0.4) is 0 Å². The molecule has 10 heteroatoms. The van der Waals surface area contributed by atoms with Crippen LogP contribution in [0.4, 0.5) is 5.95 Å². The smallest absolute Gasteiger partial charge is 0.337 e. The zero-order valence-electron chi connectivity index (χ0n) is 20.3. The maximum atomic E-state index is 12.7. The molecular weight excluding hydrogens is 454 g/mol. The number of nitrogens with one attached hydrogen (secondary N) is 1. The van der Waals surface area contributed by atoms with Crippen LogP contribution in [0.25, 0.3) is 11.0 Å². The predicted octanol–water partition coefficient (Wildman–Crippen LogP) is 3.48. The number of carbonyl (C=O) groups excluding carboxylic acids is 3. The number of methoxy groups -OCH3 is 3. The molecule has 10 nitrogen and oxygen atoms in total. The van der Waals surface area contributed by atoms with Gasteiger partial charge in [-0.05, 0) is 43.3 Å². The SMILES string of the molecule is CCOc1ccc(C(=O)CCC(=O)Nc2nc3cc(C(=O)OC)ccc3n2CCOC)cc1OC. The monoisotopic (exact) mass is 483 g/mol. The van der Waals surface area contributed by atoms with Crippen LogP contribution in [0.15, 0.2) is 36.4 Å². The maximum Gasteiger partial charge on any atom is 0.337 e. The Kier molecular flexibility index (Phi) is 8.80. The third kappa shape index (κ3) is 6.15. The molecule has 0 fully saturated rings. The summed E-state index contributed by atoms with van der Waals surface area (Å²) in [6.45, 7) is 3.16. The largest absolute Gasteiger partial charge is 0.493 e. The van der Waals surface area contributed by atoms with E-state index in [-0.39, 0.29) is 24.5 Å². The van der Waals surface area contributed by atoms with Crippen LogP contribution in [0, 0.1) is 0 Å². The fraction of sp³-hybridized carbons (Fsp3) is 0.360. The van der Waals surface area contributed by atoms with Gasteiger partial charge in [-0.1, -0.05) is 0 Å². The second kappa shape index (κ2) is 12.0. The zero-order valence-corrected chi connectivity index (χ0v) is 20.3. The second-order valence-corrected chi connectivity index (χ2v) is 7.54. The Morgan fingerprint density at radius 1 is 0.971 bits per heavy atom. The second-order valence-electron chi connectivity index (χ2n) is 7.54. The highest BCUT2D eigenvalue weighted by Crippen LogP contribution is 2.28. The number of esters is 1. The zero-order chi connectivity index (χ0) is 25.4. The normalized spacial score (nSPS) is 10.7. The number of Topliss-reactive ketones (excluding diaryl/α,β-unsaturated/α-hetero) is 1. The number of carbonyl (C=O) groups is 3. The highest BCUT2D eigenvalue weighted by atomic mass is 16.5. The third-order valence-corrected chi connectivity index (χ3v) is 5.30. The maximum absolute atomic E-state index is 12.7. The van der Waals surface area contributed by atoms with Gasteiger partial charge in [0.2, 0.25) is 11.9 Å². The third-order valence-electron chi connectivity index (χ3n) is 5.30. The lowest BCUT2D eigenvalue weighted by Crippen LogP contribution is -2.18. The summed E-state index contributed by atoms with van der Waals surface area (Å²) in [4.78, 5) is 41.7. The number of aromatic nitrogens is 2. The van der Waals surface area contributed by atoms with E-state index in [2.05, 4.69) is 10.3 Å². The fourth-order valence-corrected chi connectivity index (χ4v) is 3.55. The Balaban J connectivity index is 1.73. The Morgan fingerprint density at radius 2 is 1.74 bits per heavy atom. The van der Waals surface area contributed by atoms with Crippen LogP contribution in [0.2, 0.25) is 0 Å². The van der Waals surface area contributed by atoms with Crippen LogP contribution in [-0.2, 0) is 20.8 Å². The van der Waals surface area contributed by atoms with Gasteiger partial charge in [-0.3, -0.25) is 14.9 Å². The molecule has 0 saturated carbocycles. The van der Waals surface area contributed by atoms with E-state index in [9.17, 15) is 14.4 Å². The molecule has 2 aromatic carbocycles. The Hall–Kier alpha value is -3.92. The number of ether oxygens (including phenoxy) is 4. The molecule has 0 atom stereocenters. The Morgan fingerprint density at radius 3 is 2.43 bits per heavy atom. The molecule has 0 radical (unpaired) electrons. The molecule has 35 heavy (non-hydrogen) atoms. The number of amides is 1. The van der Waals surface area contributed by atoms with Crippen molar-refractivity contribution in [2.75, 3.05) is 39.9 Å². The number of anilines is 1. The molecule has 0 aliphatic heterocycles. The van der Waals surface area contributed by atoms with Crippen molar-refractivity contribution in [2.24, 2.45) is 0 Å². The van der Waals surface area contributed by atoms with Crippen molar-refractivity contribution in [1.82, 2.24) is 9.55 Å². The number of hydrogen-bond acceptors (Lipinski definition) is 8. The number of benzene rings is 2. The number of ketones is 1. The van der Waals surface area contributed by atoms with Gasteiger partial charge in [0.25, 0.3) is 0 Å². The van der Waals surface area contributed by atoms with Crippen LogP contribution in [0.5, 0.6) is 11.5 Å². The summed E-state index contributed by atoms with van der Waals surface area (Å²) in [7, 11) is 4.39. The van der Waals surface area contributed by atoms with E-state index in [1.165, 1.54) is 14.2 Å². The molecule has 3 rings (SSSR count). The van der Waals surface area contributed by atoms with Crippen molar-refractivity contribution >= 4 is 34.6 Å². The van der Waals surface area contributed by atoms with E-state index in [0.717, 1.165) is 5.52 Å². The Labute approximate surface area is 203 Å². The molecule has 0 unspecified atom stereocenters. The first-order chi connectivity index (χ1) is 16.9. The van der Waals surface area contributed by atoms with Gasteiger partial charge < -0.3 is 23.5 Å². The van der Waals surface area contributed by atoms with Gasteiger partial charge in [0.1, 0.15) is 0 Å². The van der Waals surface area contributed by atoms with Crippen LogP contribution in [0.1, 0.15) is 40.5 Å². The summed E-state index contributed by atoms with van der Waals surface area (Å²) < 4.78 is 22.5. The minimum Gasteiger partial charge on any atom is -0.493 e. The minimum atomic E-state index is -0.478. The van der Waals surface area contributed by atoms with Gasteiger partial charge in [-0.2, -0.15) is 0 Å². The lowest BCUT2D eigenvalue weighted by molar-refractivity contribution is -0.116. The quantitative estimate of drug-likeness (QED) is 0.307. The van der Waals surface area contributed by atoms with Gasteiger partial charge in [-0.25, -0.2) is 9.78 Å². The topological polar surface area (TPSA) is 118 Å². The molecule has 1 amide bonds. The molecule has 0 saturated heterocycles. The summed E-state index contributed by atoms with van der Waals surface area (Å²) >= 11 is 0. The molecule has 0 spiro atoms. The van der Waals surface area contributed by atoms with Crippen molar-refractivity contribution in [3.05, 3.63) is 47.5 Å². The summed E-state index contributed by atoms with van der Waals surface area (Å²) in [5.74, 6) is 0.276. The molecule has 0 aliphatic carbocycles. The number of hydrogen-bond donors (Lipinski definition) is 1. The van der Waals surface area contributed by atoms with Crippen LogP contribution in [-0.4, -0.2) is 61.8 Å². The van der Waals surface area contributed by atoms with Gasteiger partial charge in [0, 0.05) is 32.1 Å². The lowest BCUT2D eigenvalue weighted by atomic mass is 10.1. The molecule has 1 N–H and O–H groups in total. The van der Waals surface area contributed by atoms with Crippen LogP contribution < -0.4 is 14.8 Å². The van der Waals surface area contributed by atoms with Gasteiger partial charge in [0.05, 0.1) is 44.0 Å². The van der Waals surface area contributed by atoms with Crippen LogP contribution >= 0.6 is 0 Å². The molecule has 0 aliphatic rings. The summed E-state index contributed by atoms with van der Waals surface area (Å²) in [6, 6.07) is 9.90. The predicted molar refractivity (Wildman–Crippen MR) is 129 cm³/mol. The average molecular weight is 484 g/mol. The first-order valence-electron chi connectivity index (χ1n) is 11.1. The number of fused-ring (bicyclic) bond motifs is 1. The first-order valence-corrected chi connectivity index (χ1v) is 11.1. The summed E-state index contributed by atoms with van der Waals surface area (Å²) in [5, 5.41) is 2.77. The highest BCUT2D eigenvalue weighted by molar-refractivity contribution is 6.00. The number of rotatable bonds is 12. The average Bonchev–Trinajstić information content (AvgIpc) is 3.21. The standard InChI is InChI=1S/C25H29N3O7/c1-5-35-21-10-7-16(15-22(21)33-3)20(29)9-11-23(30)27-25-26-18-14-17(24(31)34-4)6-8-19(18)28(25)12-13-32-2/h6-8,10,14-15H,5,9,11-13H2,1-4H3,(H,26,27,30). The lowest BCUT2D eigenvalue weighted by Gasteiger charge is -2.11. The van der Waals surface area contributed by atoms with Crippen molar-refractivity contribution in [2.45, 2.75) is 26.3 Å².